The second-order valence-corrected chi connectivity index (χ2v) is 6.30. The summed E-state index contributed by atoms with van der Waals surface area (Å²) in [7, 11) is 0. The van der Waals surface area contributed by atoms with E-state index in [0.717, 1.165) is 35.0 Å². The summed E-state index contributed by atoms with van der Waals surface area (Å²) in [5.74, 6) is 1.94. The first-order valence-corrected chi connectivity index (χ1v) is 8.09. The maximum atomic E-state index is 12.5. The summed E-state index contributed by atoms with van der Waals surface area (Å²) in [6.07, 6.45) is 1.17. The van der Waals surface area contributed by atoms with Crippen molar-refractivity contribution in [3.8, 4) is 0 Å². The molecule has 2 aromatic rings. The first-order chi connectivity index (χ1) is 10.2. The molecule has 0 atom stereocenters. The molecule has 2 heterocycles. The molecule has 0 spiro atoms. The molecule has 1 aromatic heterocycles. The highest BCUT2D eigenvalue weighted by Crippen LogP contribution is 2.34. The maximum absolute atomic E-state index is 12.5. The SMILES string of the molecule is Cc1noc(C)c1CCC(=O)N1CCSc2ccccc21. The van der Waals surface area contributed by atoms with Gasteiger partial charge in [-0.1, -0.05) is 17.3 Å². The molecule has 0 bridgehead atoms. The molecular weight excluding hydrogens is 284 g/mol. The zero-order valence-electron chi connectivity index (χ0n) is 12.3. The number of thioether (sulfide) groups is 1. The van der Waals surface area contributed by atoms with Gasteiger partial charge in [-0.25, -0.2) is 0 Å². The van der Waals surface area contributed by atoms with E-state index in [-0.39, 0.29) is 5.91 Å². The molecule has 1 aliphatic rings. The van der Waals surface area contributed by atoms with Crippen LogP contribution in [0.2, 0.25) is 0 Å². The number of hydrogen-bond acceptors (Lipinski definition) is 4. The van der Waals surface area contributed by atoms with Crippen LogP contribution in [0.3, 0.4) is 0 Å². The molecule has 0 N–H and O–H groups in total. The second kappa shape index (κ2) is 5.93. The standard InChI is InChI=1S/C16H18N2O2S/c1-11-13(12(2)20-17-11)7-8-16(19)18-9-10-21-15-6-4-3-5-14(15)18/h3-6H,7-10H2,1-2H3. The lowest BCUT2D eigenvalue weighted by Crippen LogP contribution is -2.35. The largest absolute Gasteiger partial charge is 0.361 e. The summed E-state index contributed by atoms with van der Waals surface area (Å²) in [6.45, 7) is 4.60. The molecule has 0 aliphatic carbocycles. The molecule has 5 heteroatoms. The van der Waals surface area contributed by atoms with Gasteiger partial charge < -0.3 is 9.42 Å². The summed E-state index contributed by atoms with van der Waals surface area (Å²) < 4.78 is 5.15. The molecular formula is C16H18N2O2S. The number of aromatic nitrogens is 1. The van der Waals surface area contributed by atoms with Crippen molar-refractivity contribution in [3.63, 3.8) is 0 Å². The highest BCUT2D eigenvalue weighted by atomic mass is 32.2. The molecule has 4 nitrogen and oxygen atoms in total. The number of fused-ring (bicyclic) bond motifs is 1. The fourth-order valence-corrected chi connectivity index (χ4v) is 3.65. The number of carbonyl (C=O) groups excluding carboxylic acids is 1. The van der Waals surface area contributed by atoms with Crippen LogP contribution in [0, 0.1) is 13.8 Å². The van der Waals surface area contributed by atoms with Gasteiger partial charge >= 0.3 is 0 Å². The van der Waals surface area contributed by atoms with Crippen LogP contribution >= 0.6 is 11.8 Å². The number of carbonyl (C=O) groups is 1. The van der Waals surface area contributed by atoms with Gasteiger partial charge in [0.15, 0.2) is 0 Å². The Kier molecular flexibility index (Phi) is 4.01. The van der Waals surface area contributed by atoms with Gasteiger partial charge in [0.05, 0.1) is 11.4 Å². The molecule has 1 aliphatic heterocycles. The Bertz CT molecular complexity index is 647. The smallest absolute Gasteiger partial charge is 0.227 e. The zero-order chi connectivity index (χ0) is 14.8. The van der Waals surface area contributed by atoms with Gasteiger partial charge in [-0.05, 0) is 32.4 Å². The van der Waals surface area contributed by atoms with Crippen LogP contribution in [0.1, 0.15) is 23.4 Å². The topological polar surface area (TPSA) is 46.3 Å². The number of amides is 1. The van der Waals surface area contributed by atoms with Crippen molar-refractivity contribution in [1.29, 1.82) is 0 Å². The number of aryl methyl sites for hydroxylation is 2. The fraction of sp³-hybridized carbons (Fsp3) is 0.375. The molecule has 0 saturated carbocycles. The number of para-hydroxylation sites is 1. The molecule has 0 saturated heterocycles. The van der Waals surface area contributed by atoms with E-state index in [1.54, 1.807) is 0 Å². The van der Waals surface area contributed by atoms with Crippen LogP contribution in [0.15, 0.2) is 33.7 Å². The number of anilines is 1. The Labute approximate surface area is 128 Å². The van der Waals surface area contributed by atoms with Gasteiger partial charge in [-0.15, -0.1) is 11.8 Å². The summed E-state index contributed by atoms with van der Waals surface area (Å²) in [5.41, 5.74) is 2.98. The van der Waals surface area contributed by atoms with E-state index >= 15 is 0 Å². The Morgan fingerprint density at radius 1 is 1.38 bits per heavy atom. The molecule has 21 heavy (non-hydrogen) atoms. The molecule has 0 unspecified atom stereocenters. The van der Waals surface area contributed by atoms with Crippen LogP contribution < -0.4 is 4.90 Å². The van der Waals surface area contributed by atoms with Crippen molar-refractivity contribution >= 4 is 23.4 Å². The molecule has 110 valence electrons. The normalized spacial score (nSPS) is 14.1. The maximum Gasteiger partial charge on any atom is 0.227 e. The van der Waals surface area contributed by atoms with Gasteiger partial charge in [0.25, 0.3) is 0 Å². The van der Waals surface area contributed by atoms with E-state index in [2.05, 4.69) is 11.2 Å². The Morgan fingerprint density at radius 2 is 2.19 bits per heavy atom. The predicted octanol–water partition coefficient (Wildman–Crippen LogP) is 3.36. The van der Waals surface area contributed by atoms with E-state index in [4.69, 9.17) is 4.52 Å². The second-order valence-electron chi connectivity index (χ2n) is 5.16. The summed E-state index contributed by atoms with van der Waals surface area (Å²) in [5, 5.41) is 3.94. The first kappa shape index (κ1) is 14.2. The van der Waals surface area contributed by atoms with Crippen molar-refractivity contribution in [2.45, 2.75) is 31.6 Å². The lowest BCUT2D eigenvalue weighted by Gasteiger charge is -2.29. The van der Waals surface area contributed by atoms with Gasteiger partial charge in [0.2, 0.25) is 5.91 Å². The van der Waals surface area contributed by atoms with Crippen LogP contribution in [0.5, 0.6) is 0 Å². The van der Waals surface area contributed by atoms with E-state index in [1.807, 2.05) is 48.7 Å². The van der Waals surface area contributed by atoms with Crippen LogP contribution in [-0.2, 0) is 11.2 Å². The number of hydrogen-bond donors (Lipinski definition) is 0. The minimum absolute atomic E-state index is 0.169. The number of rotatable bonds is 3. The summed E-state index contributed by atoms with van der Waals surface area (Å²) in [4.78, 5) is 15.6. The monoisotopic (exact) mass is 302 g/mol. The lowest BCUT2D eigenvalue weighted by atomic mass is 10.1. The van der Waals surface area contributed by atoms with Crippen molar-refractivity contribution in [1.82, 2.24) is 5.16 Å². The van der Waals surface area contributed by atoms with Crippen molar-refractivity contribution in [2.75, 3.05) is 17.2 Å². The molecule has 3 rings (SSSR count). The molecule has 1 amide bonds. The quantitative estimate of drug-likeness (QED) is 0.872. The predicted molar refractivity (Wildman–Crippen MR) is 83.8 cm³/mol. The van der Waals surface area contributed by atoms with Crippen LogP contribution in [-0.4, -0.2) is 23.4 Å². The average molecular weight is 302 g/mol. The molecule has 0 radical (unpaired) electrons. The van der Waals surface area contributed by atoms with Gasteiger partial charge in [0, 0.05) is 29.2 Å². The number of nitrogens with zero attached hydrogens (tertiary/aromatic N) is 2. The third-order valence-electron chi connectivity index (χ3n) is 3.80. The van der Waals surface area contributed by atoms with E-state index in [9.17, 15) is 4.79 Å². The van der Waals surface area contributed by atoms with E-state index in [0.29, 0.717) is 12.8 Å². The van der Waals surface area contributed by atoms with Gasteiger partial charge in [0.1, 0.15) is 5.76 Å². The Balaban J connectivity index is 1.72. The minimum Gasteiger partial charge on any atom is -0.361 e. The average Bonchev–Trinajstić information content (AvgIpc) is 2.83. The first-order valence-electron chi connectivity index (χ1n) is 7.11. The molecule has 0 fully saturated rings. The Morgan fingerprint density at radius 3 is 2.95 bits per heavy atom. The van der Waals surface area contributed by atoms with E-state index < -0.39 is 0 Å². The summed E-state index contributed by atoms with van der Waals surface area (Å²) in [6, 6.07) is 8.10. The van der Waals surface area contributed by atoms with Gasteiger partial charge in [-0.3, -0.25) is 4.79 Å². The summed E-state index contributed by atoms with van der Waals surface area (Å²) >= 11 is 1.81. The van der Waals surface area contributed by atoms with Gasteiger partial charge in [-0.2, -0.15) is 0 Å². The van der Waals surface area contributed by atoms with Crippen molar-refractivity contribution in [3.05, 3.63) is 41.3 Å². The highest BCUT2D eigenvalue weighted by Gasteiger charge is 2.23. The Hall–Kier alpha value is -1.75. The third-order valence-corrected chi connectivity index (χ3v) is 4.84. The zero-order valence-corrected chi connectivity index (χ0v) is 13.1. The van der Waals surface area contributed by atoms with E-state index in [1.165, 1.54) is 4.90 Å². The van der Waals surface area contributed by atoms with Crippen molar-refractivity contribution in [2.24, 2.45) is 0 Å². The number of benzene rings is 1. The minimum atomic E-state index is 0.169. The molecule has 1 aromatic carbocycles. The fourth-order valence-electron chi connectivity index (χ4n) is 2.65. The lowest BCUT2D eigenvalue weighted by molar-refractivity contribution is -0.118. The highest BCUT2D eigenvalue weighted by molar-refractivity contribution is 7.99. The van der Waals surface area contributed by atoms with Crippen LogP contribution in [0.25, 0.3) is 0 Å². The van der Waals surface area contributed by atoms with Crippen molar-refractivity contribution < 1.29 is 9.32 Å². The third kappa shape index (κ3) is 2.83. The van der Waals surface area contributed by atoms with Crippen LogP contribution in [0.4, 0.5) is 5.69 Å².